The highest BCUT2D eigenvalue weighted by atomic mass is 127. The van der Waals surface area contributed by atoms with Gasteiger partial charge in [-0.15, -0.1) is 0 Å². The van der Waals surface area contributed by atoms with Crippen LogP contribution in [0.15, 0.2) is 18.2 Å². The molecule has 0 radical (unpaired) electrons. The molecule has 144 valence electrons. The van der Waals surface area contributed by atoms with Crippen molar-refractivity contribution in [2.75, 3.05) is 47.6 Å². The number of hydrogen-bond donors (Lipinski definition) is 1. The number of halogens is 2. The summed E-state index contributed by atoms with van der Waals surface area (Å²) in [6, 6.07) is 4.67. The third-order valence-corrected chi connectivity index (χ3v) is 6.51. The Bertz CT molecular complexity index is 718. The van der Waals surface area contributed by atoms with Gasteiger partial charge in [0.2, 0.25) is 0 Å². The molecule has 2 aliphatic rings. The Morgan fingerprint density at radius 3 is 2.81 bits per heavy atom. The molecule has 3 rings (SSSR count). The number of nitrogens with zero attached hydrogens (tertiary/aromatic N) is 3. The molecule has 26 heavy (non-hydrogen) atoms. The van der Waals surface area contributed by atoms with Gasteiger partial charge in [0.25, 0.3) is 0 Å². The average Bonchev–Trinajstić information content (AvgIpc) is 2.89. The van der Waals surface area contributed by atoms with E-state index in [9.17, 15) is 13.8 Å². The number of alkyl halides is 1. The molecule has 1 unspecified atom stereocenters. The SMILES string of the molecule is CC(=S)NCC1(I)CN(c2ccc(N3CCS(=O)CC3)c(F)c2)N([O-])O1. The van der Waals surface area contributed by atoms with Gasteiger partial charge in [-0.1, -0.05) is 12.2 Å². The lowest BCUT2D eigenvalue weighted by Gasteiger charge is -2.33. The fourth-order valence-electron chi connectivity index (χ4n) is 2.82. The van der Waals surface area contributed by atoms with Crippen LogP contribution in [0.25, 0.3) is 0 Å². The van der Waals surface area contributed by atoms with E-state index in [0.29, 0.717) is 52.8 Å². The topological polar surface area (TPSA) is 71.1 Å². The van der Waals surface area contributed by atoms with Gasteiger partial charge in [-0.3, -0.25) is 14.1 Å². The highest BCUT2D eigenvalue weighted by Crippen LogP contribution is 2.35. The van der Waals surface area contributed by atoms with Gasteiger partial charge in [0, 0.05) is 41.5 Å². The maximum atomic E-state index is 14.6. The summed E-state index contributed by atoms with van der Waals surface area (Å²) < 4.78 is 25.3. The minimum atomic E-state index is -0.819. The van der Waals surface area contributed by atoms with Crippen LogP contribution in [-0.2, 0) is 15.6 Å². The Kier molecular flexibility index (Phi) is 6.34. The quantitative estimate of drug-likeness (QED) is 0.372. The molecule has 7 nitrogen and oxygen atoms in total. The largest absolute Gasteiger partial charge is 0.743 e. The van der Waals surface area contributed by atoms with Crippen LogP contribution in [0.4, 0.5) is 15.8 Å². The first kappa shape index (κ1) is 20.1. The number of nitrogens with one attached hydrogen (secondary N) is 1. The summed E-state index contributed by atoms with van der Waals surface area (Å²) in [6.45, 7) is 3.49. The molecule has 1 atom stereocenters. The van der Waals surface area contributed by atoms with E-state index in [-0.39, 0.29) is 6.54 Å². The van der Waals surface area contributed by atoms with Crippen molar-refractivity contribution in [3.8, 4) is 0 Å². The molecule has 1 N–H and O–H groups in total. The lowest BCUT2D eigenvalue weighted by molar-refractivity contribution is -0.118. The predicted octanol–water partition coefficient (Wildman–Crippen LogP) is 1.93. The van der Waals surface area contributed by atoms with Crippen molar-refractivity contribution in [3.05, 3.63) is 29.2 Å². The summed E-state index contributed by atoms with van der Waals surface area (Å²) in [5, 5.41) is 16.9. The second-order valence-corrected chi connectivity index (χ2v) is 10.4. The second-order valence-electron chi connectivity index (χ2n) is 6.15. The van der Waals surface area contributed by atoms with Crippen molar-refractivity contribution in [1.29, 1.82) is 0 Å². The molecule has 0 aromatic heterocycles. The number of thiocarbonyl (C=S) groups is 1. The van der Waals surface area contributed by atoms with E-state index in [4.69, 9.17) is 17.1 Å². The van der Waals surface area contributed by atoms with Crippen molar-refractivity contribution < 1.29 is 13.4 Å². The molecular weight excluding hydrogens is 494 g/mol. The van der Waals surface area contributed by atoms with Gasteiger partial charge in [-0.2, -0.15) is 5.34 Å². The molecule has 1 aromatic rings. The van der Waals surface area contributed by atoms with Crippen LogP contribution >= 0.6 is 34.8 Å². The number of hydrazine groups is 1. The molecule has 2 heterocycles. The Labute approximate surface area is 172 Å². The zero-order valence-corrected chi connectivity index (χ0v) is 17.9. The van der Waals surface area contributed by atoms with Crippen molar-refractivity contribution in [2.45, 2.75) is 10.5 Å². The lowest BCUT2D eigenvalue weighted by Crippen LogP contribution is -2.40. The maximum Gasteiger partial charge on any atom is 0.177 e. The van der Waals surface area contributed by atoms with E-state index >= 15 is 0 Å². The molecule has 2 aliphatic heterocycles. The number of rotatable bonds is 4. The third-order valence-electron chi connectivity index (χ3n) is 4.17. The summed E-state index contributed by atoms with van der Waals surface area (Å²) in [4.78, 5) is 7.86. The summed E-state index contributed by atoms with van der Waals surface area (Å²) >= 11 is 7.03. The fraction of sp³-hybridized carbons (Fsp3) is 0.533. The van der Waals surface area contributed by atoms with E-state index < -0.39 is 20.2 Å². The zero-order valence-electron chi connectivity index (χ0n) is 14.1. The van der Waals surface area contributed by atoms with Gasteiger partial charge in [-0.25, -0.2) is 4.39 Å². The summed E-state index contributed by atoms with van der Waals surface area (Å²) in [7, 11) is -0.819. The Morgan fingerprint density at radius 1 is 1.50 bits per heavy atom. The monoisotopic (exact) mass is 513 g/mol. The zero-order chi connectivity index (χ0) is 18.9. The smallest absolute Gasteiger partial charge is 0.177 e. The van der Waals surface area contributed by atoms with Gasteiger partial charge < -0.3 is 15.4 Å². The summed E-state index contributed by atoms with van der Waals surface area (Å²) in [5.74, 6) is 0.667. The van der Waals surface area contributed by atoms with Crippen molar-refractivity contribution in [2.24, 2.45) is 0 Å². The van der Waals surface area contributed by atoms with E-state index in [1.807, 2.05) is 27.5 Å². The minimum absolute atomic E-state index is 0.258. The first-order valence-electron chi connectivity index (χ1n) is 8.04. The first-order valence-corrected chi connectivity index (χ1v) is 11.0. The Hall–Kier alpha value is -0.600. The van der Waals surface area contributed by atoms with Crippen LogP contribution in [0.3, 0.4) is 0 Å². The van der Waals surface area contributed by atoms with Gasteiger partial charge in [-0.05, 0) is 41.6 Å². The third kappa shape index (κ3) is 4.62. The van der Waals surface area contributed by atoms with E-state index in [2.05, 4.69) is 5.32 Å². The average molecular weight is 513 g/mol. The van der Waals surface area contributed by atoms with Crippen molar-refractivity contribution in [1.82, 2.24) is 10.7 Å². The lowest BCUT2D eigenvalue weighted by atomic mass is 10.2. The molecule has 11 heteroatoms. The van der Waals surface area contributed by atoms with Crippen LogP contribution in [-0.4, -0.2) is 55.8 Å². The number of hydrogen-bond acceptors (Lipinski definition) is 7. The van der Waals surface area contributed by atoms with Crippen LogP contribution in [0.2, 0.25) is 0 Å². The Morgan fingerprint density at radius 2 is 2.19 bits per heavy atom. The second kappa shape index (κ2) is 8.19. The molecule has 1 aromatic carbocycles. The molecule has 0 saturated carbocycles. The van der Waals surface area contributed by atoms with Crippen LogP contribution < -0.4 is 15.2 Å². The van der Waals surface area contributed by atoms with Gasteiger partial charge >= 0.3 is 0 Å². The fourth-order valence-corrected chi connectivity index (χ4v) is 4.63. The van der Waals surface area contributed by atoms with E-state index in [1.165, 1.54) is 11.1 Å². The van der Waals surface area contributed by atoms with Crippen molar-refractivity contribution in [3.63, 3.8) is 0 Å². The van der Waals surface area contributed by atoms with Gasteiger partial charge in [0.15, 0.2) is 3.61 Å². The molecule has 2 fully saturated rings. The first-order chi connectivity index (χ1) is 12.3. The molecular formula is C15H19FIN4O3S2-. The highest BCUT2D eigenvalue weighted by molar-refractivity contribution is 14.1. The molecule has 0 bridgehead atoms. The highest BCUT2D eigenvalue weighted by Gasteiger charge is 2.39. The maximum absolute atomic E-state index is 14.6. The van der Waals surface area contributed by atoms with E-state index in [1.54, 1.807) is 19.1 Å². The molecule has 0 spiro atoms. The van der Waals surface area contributed by atoms with Crippen LogP contribution in [0.1, 0.15) is 6.92 Å². The standard InChI is InChI=1S/C15H19FIN4O3S2/c1-11(25)18-9-15(17)10-20(21(22)24-15)12-2-3-14(13(16)8-12)19-4-6-26(23)7-5-19/h2-3,8H,4-7,9-10H2,1H3,(H,18,25)/q-1. The minimum Gasteiger partial charge on any atom is -0.743 e. The van der Waals surface area contributed by atoms with E-state index in [0.717, 1.165) is 0 Å². The molecule has 2 saturated heterocycles. The summed E-state index contributed by atoms with van der Waals surface area (Å²) in [6.07, 6.45) is 0. The van der Waals surface area contributed by atoms with Gasteiger partial charge in [0.05, 0.1) is 29.5 Å². The molecule has 0 amide bonds. The normalized spacial score (nSPS) is 24.9. The number of anilines is 2. The van der Waals surface area contributed by atoms with Crippen molar-refractivity contribution >= 4 is 62.0 Å². The summed E-state index contributed by atoms with van der Waals surface area (Å²) in [5.41, 5.74) is 0.876. The van der Waals surface area contributed by atoms with Crippen LogP contribution in [0.5, 0.6) is 0 Å². The number of benzene rings is 1. The van der Waals surface area contributed by atoms with Crippen LogP contribution in [0, 0.1) is 11.0 Å². The van der Waals surface area contributed by atoms with Gasteiger partial charge in [0.1, 0.15) is 5.82 Å². The predicted molar refractivity (Wildman–Crippen MR) is 113 cm³/mol. The molecule has 0 aliphatic carbocycles. The Balaban J connectivity index is 1.72.